The van der Waals surface area contributed by atoms with Gasteiger partial charge in [-0.25, -0.2) is 0 Å². The summed E-state index contributed by atoms with van der Waals surface area (Å²) in [6.45, 7) is 2.49. The minimum Gasteiger partial charge on any atom is -0.340 e. The van der Waals surface area contributed by atoms with Crippen molar-refractivity contribution in [1.29, 1.82) is 0 Å². The van der Waals surface area contributed by atoms with Crippen LogP contribution in [0.2, 0.25) is 0 Å². The quantitative estimate of drug-likeness (QED) is 0.819. The minimum atomic E-state index is -4.21. The number of hydrogen-bond acceptors (Lipinski definition) is 3. The number of hydrogen-bond donors (Lipinski definition) is 1. The number of piperazine rings is 1. The maximum atomic E-state index is 12.7. The molecule has 1 saturated heterocycles. The van der Waals surface area contributed by atoms with Crippen LogP contribution in [-0.2, 0) is 4.79 Å². The molecule has 4 nitrogen and oxygen atoms in total. The van der Waals surface area contributed by atoms with Crippen molar-refractivity contribution in [1.82, 2.24) is 9.80 Å². The molecular weight excluding hydrogens is 354 g/mol. The molecule has 1 saturated carbocycles. The Hall–Kier alpha value is -0.240. The van der Waals surface area contributed by atoms with E-state index in [1.807, 2.05) is 0 Å². The second-order valence-corrected chi connectivity index (χ2v) is 6.19. The van der Waals surface area contributed by atoms with Crippen molar-refractivity contribution < 1.29 is 18.0 Å². The van der Waals surface area contributed by atoms with E-state index in [-0.39, 0.29) is 55.8 Å². The molecule has 1 aliphatic heterocycles. The van der Waals surface area contributed by atoms with E-state index in [9.17, 15) is 18.0 Å². The molecule has 0 aromatic heterocycles. The molecule has 2 fully saturated rings. The predicted molar refractivity (Wildman–Crippen MR) is 88.1 cm³/mol. The van der Waals surface area contributed by atoms with Gasteiger partial charge < -0.3 is 10.6 Å². The molecule has 9 heteroatoms. The van der Waals surface area contributed by atoms with Gasteiger partial charge in [0.25, 0.3) is 0 Å². The number of halogens is 5. The SMILES string of the molecule is CC(N1CCN(C(=O)C[C@@H]2CCC[C@H]2N)CC1)C(F)(F)F.Cl.Cl. The van der Waals surface area contributed by atoms with E-state index in [2.05, 4.69) is 0 Å². The zero-order valence-electron chi connectivity index (χ0n) is 13.2. The molecule has 0 bridgehead atoms. The summed E-state index contributed by atoms with van der Waals surface area (Å²) in [5.41, 5.74) is 5.96. The van der Waals surface area contributed by atoms with Gasteiger partial charge in [0.1, 0.15) is 6.04 Å². The van der Waals surface area contributed by atoms with E-state index in [4.69, 9.17) is 5.73 Å². The lowest BCUT2D eigenvalue weighted by atomic mass is 9.99. The largest absolute Gasteiger partial charge is 0.403 e. The smallest absolute Gasteiger partial charge is 0.340 e. The second kappa shape index (κ2) is 9.30. The van der Waals surface area contributed by atoms with Crippen molar-refractivity contribution in [2.75, 3.05) is 26.2 Å². The Morgan fingerprint density at radius 1 is 1.17 bits per heavy atom. The number of nitrogens with two attached hydrogens (primary N) is 1. The van der Waals surface area contributed by atoms with E-state index < -0.39 is 12.2 Å². The molecule has 23 heavy (non-hydrogen) atoms. The lowest BCUT2D eigenvalue weighted by Crippen LogP contribution is -2.55. The van der Waals surface area contributed by atoms with Gasteiger partial charge in [-0.05, 0) is 25.7 Å². The first kappa shape index (κ1) is 22.8. The van der Waals surface area contributed by atoms with Crippen LogP contribution in [0.4, 0.5) is 13.2 Å². The van der Waals surface area contributed by atoms with Gasteiger partial charge in [0.2, 0.25) is 5.91 Å². The van der Waals surface area contributed by atoms with E-state index in [0.29, 0.717) is 19.5 Å². The lowest BCUT2D eigenvalue weighted by molar-refractivity contribution is -0.183. The Bertz CT molecular complexity index is 377. The second-order valence-electron chi connectivity index (χ2n) is 6.19. The summed E-state index contributed by atoms with van der Waals surface area (Å²) in [5.74, 6) is 0.279. The lowest BCUT2D eigenvalue weighted by Gasteiger charge is -2.39. The number of carbonyl (C=O) groups is 1. The molecule has 3 atom stereocenters. The first-order valence-corrected chi connectivity index (χ1v) is 7.63. The standard InChI is InChI=1S/C14H24F3N3O.2ClH/c1-10(14(15,16)17)19-5-7-20(8-6-19)13(21)9-11-3-2-4-12(11)18;;/h10-12H,2-9,18H2,1H3;2*1H/t10?,11-,12+;;/m0../s1. The van der Waals surface area contributed by atoms with Gasteiger partial charge >= 0.3 is 6.18 Å². The average molecular weight is 380 g/mol. The summed E-state index contributed by atoms with van der Waals surface area (Å²) < 4.78 is 38.0. The summed E-state index contributed by atoms with van der Waals surface area (Å²) in [7, 11) is 0. The van der Waals surface area contributed by atoms with Crippen LogP contribution in [-0.4, -0.2) is 60.1 Å². The Kier molecular flexibility index (Phi) is 9.20. The number of nitrogens with zero attached hydrogens (tertiary/aromatic N) is 2. The highest BCUT2D eigenvalue weighted by atomic mass is 35.5. The van der Waals surface area contributed by atoms with Gasteiger partial charge in [0, 0.05) is 38.6 Å². The third kappa shape index (κ3) is 5.96. The van der Waals surface area contributed by atoms with Gasteiger partial charge in [0.05, 0.1) is 0 Å². The fourth-order valence-electron chi connectivity index (χ4n) is 3.24. The number of carbonyl (C=O) groups excluding carboxylic acids is 1. The molecule has 1 amide bonds. The monoisotopic (exact) mass is 379 g/mol. The van der Waals surface area contributed by atoms with E-state index in [0.717, 1.165) is 19.3 Å². The molecule has 0 spiro atoms. The number of alkyl halides is 3. The summed E-state index contributed by atoms with van der Waals surface area (Å²) in [6.07, 6.45) is -0.748. The summed E-state index contributed by atoms with van der Waals surface area (Å²) in [6, 6.07) is -1.35. The van der Waals surface area contributed by atoms with Gasteiger partial charge in [-0.2, -0.15) is 13.2 Å². The molecule has 1 unspecified atom stereocenters. The van der Waals surface area contributed by atoms with Crippen molar-refractivity contribution in [3.8, 4) is 0 Å². The van der Waals surface area contributed by atoms with Crippen molar-refractivity contribution >= 4 is 30.7 Å². The molecule has 0 aromatic rings. The van der Waals surface area contributed by atoms with Crippen LogP contribution in [0.3, 0.4) is 0 Å². The molecule has 2 aliphatic rings. The van der Waals surface area contributed by atoms with Crippen molar-refractivity contribution in [2.24, 2.45) is 11.7 Å². The first-order valence-electron chi connectivity index (χ1n) is 7.63. The van der Waals surface area contributed by atoms with Crippen molar-refractivity contribution in [3.05, 3.63) is 0 Å². The summed E-state index contributed by atoms with van der Waals surface area (Å²) >= 11 is 0. The zero-order valence-corrected chi connectivity index (χ0v) is 14.9. The number of rotatable bonds is 3. The van der Waals surface area contributed by atoms with Crippen molar-refractivity contribution in [2.45, 2.75) is 50.9 Å². The minimum absolute atomic E-state index is 0. The van der Waals surface area contributed by atoms with Gasteiger partial charge in [0.15, 0.2) is 0 Å². The third-order valence-corrected chi connectivity index (χ3v) is 4.84. The highest BCUT2D eigenvalue weighted by molar-refractivity contribution is 5.85. The predicted octanol–water partition coefficient (Wildman–Crippen LogP) is 2.44. The molecule has 138 valence electrons. The molecule has 2 rings (SSSR count). The third-order valence-electron chi connectivity index (χ3n) is 4.84. The van der Waals surface area contributed by atoms with Crippen molar-refractivity contribution in [3.63, 3.8) is 0 Å². The maximum absolute atomic E-state index is 12.7. The van der Waals surface area contributed by atoms with Crippen LogP contribution in [0, 0.1) is 5.92 Å². The van der Waals surface area contributed by atoms with E-state index in [1.54, 1.807) is 4.90 Å². The summed E-state index contributed by atoms with van der Waals surface area (Å²) in [5, 5.41) is 0. The Balaban J connectivity index is 0.00000242. The molecule has 1 aliphatic carbocycles. The van der Waals surface area contributed by atoms with Crippen LogP contribution >= 0.6 is 24.8 Å². The Morgan fingerprint density at radius 2 is 1.74 bits per heavy atom. The van der Waals surface area contributed by atoms with Crippen LogP contribution < -0.4 is 5.73 Å². The maximum Gasteiger partial charge on any atom is 0.403 e. The molecule has 2 N–H and O–H groups in total. The van der Waals surface area contributed by atoms with E-state index >= 15 is 0 Å². The highest BCUT2D eigenvalue weighted by Gasteiger charge is 2.41. The number of amides is 1. The molecule has 0 aromatic carbocycles. The highest BCUT2D eigenvalue weighted by Crippen LogP contribution is 2.28. The summed E-state index contributed by atoms with van der Waals surface area (Å²) in [4.78, 5) is 15.3. The van der Waals surface area contributed by atoms with Gasteiger partial charge in [-0.15, -0.1) is 24.8 Å². The Morgan fingerprint density at radius 3 is 2.17 bits per heavy atom. The molecular formula is C14H26Cl2F3N3O. The fraction of sp³-hybridized carbons (Fsp3) is 0.929. The Labute approximate surface area is 147 Å². The fourth-order valence-corrected chi connectivity index (χ4v) is 3.24. The van der Waals surface area contributed by atoms with Crippen LogP contribution in [0.15, 0.2) is 0 Å². The van der Waals surface area contributed by atoms with E-state index in [1.165, 1.54) is 11.8 Å². The topological polar surface area (TPSA) is 49.6 Å². The molecule has 0 radical (unpaired) electrons. The first-order chi connectivity index (χ1) is 9.79. The molecule has 1 heterocycles. The normalized spacial score (nSPS) is 27.1. The van der Waals surface area contributed by atoms with Crippen LogP contribution in [0.5, 0.6) is 0 Å². The van der Waals surface area contributed by atoms with Crippen LogP contribution in [0.1, 0.15) is 32.6 Å². The van der Waals surface area contributed by atoms with Crippen LogP contribution in [0.25, 0.3) is 0 Å². The average Bonchev–Trinajstić information content (AvgIpc) is 2.82. The van der Waals surface area contributed by atoms with Gasteiger partial charge in [-0.1, -0.05) is 6.42 Å². The van der Waals surface area contributed by atoms with Gasteiger partial charge in [-0.3, -0.25) is 9.69 Å². The zero-order chi connectivity index (χ0) is 15.6.